The lowest BCUT2D eigenvalue weighted by atomic mass is 10.2. The summed E-state index contributed by atoms with van der Waals surface area (Å²) in [6.07, 6.45) is 0.237. The minimum Gasteiger partial charge on any atom is -0.493 e. The molecule has 0 aromatic heterocycles. The molecule has 110 valence electrons. The minimum atomic E-state index is -0.207. The summed E-state index contributed by atoms with van der Waals surface area (Å²) >= 11 is 3.36. The number of ether oxygens (including phenoxy) is 1. The number of hydrogen-bond donors (Lipinski definition) is 1. The van der Waals surface area contributed by atoms with E-state index in [1.54, 1.807) is 0 Å². The van der Waals surface area contributed by atoms with Crippen molar-refractivity contribution < 1.29 is 14.4 Å². The first kappa shape index (κ1) is 15.5. The third kappa shape index (κ3) is 5.97. The number of hydrogen-bond acceptors (Lipinski definition) is 3. The van der Waals surface area contributed by atoms with Gasteiger partial charge in [0.2, 0.25) is 5.91 Å². The van der Waals surface area contributed by atoms with Gasteiger partial charge in [0.05, 0.1) is 19.6 Å². The molecule has 1 amide bonds. The highest BCUT2D eigenvalue weighted by Crippen LogP contribution is 2.17. The van der Waals surface area contributed by atoms with Crippen molar-refractivity contribution in [2.24, 2.45) is 0 Å². The first-order valence-electron chi connectivity index (χ1n) is 6.57. The Hall–Kier alpha value is -1.85. The van der Waals surface area contributed by atoms with Crippen molar-refractivity contribution in [3.05, 3.63) is 64.6 Å². The van der Waals surface area contributed by atoms with Crippen molar-refractivity contribution in [1.29, 1.82) is 0 Å². The van der Waals surface area contributed by atoms with Crippen LogP contribution in [0.1, 0.15) is 12.0 Å². The molecule has 1 N–H and O–H groups in total. The summed E-state index contributed by atoms with van der Waals surface area (Å²) in [5.74, 6) is 0.517. The van der Waals surface area contributed by atoms with Gasteiger partial charge in [-0.25, -0.2) is 5.48 Å². The summed E-state index contributed by atoms with van der Waals surface area (Å²) in [5.41, 5.74) is 3.40. The number of amides is 1. The van der Waals surface area contributed by atoms with Crippen LogP contribution in [0.3, 0.4) is 0 Å². The molecular weight excluding hydrogens is 334 g/mol. The van der Waals surface area contributed by atoms with Gasteiger partial charge in [-0.3, -0.25) is 9.63 Å². The first-order chi connectivity index (χ1) is 10.2. The fourth-order valence-corrected chi connectivity index (χ4v) is 2.02. The lowest BCUT2D eigenvalue weighted by molar-refractivity contribution is -0.135. The molecule has 0 aliphatic heterocycles. The Morgan fingerprint density at radius 1 is 1.10 bits per heavy atom. The molecular formula is C16H16BrNO3. The fourth-order valence-electron chi connectivity index (χ4n) is 1.64. The van der Waals surface area contributed by atoms with Crippen LogP contribution in [0.2, 0.25) is 0 Å². The molecule has 0 aliphatic rings. The molecule has 0 saturated carbocycles. The summed E-state index contributed by atoms with van der Waals surface area (Å²) in [6.45, 7) is 0.649. The monoisotopic (exact) mass is 349 g/mol. The van der Waals surface area contributed by atoms with Crippen LogP contribution in [0.15, 0.2) is 59.1 Å². The van der Waals surface area contributed by atoms with Gasteiger partial charge >= 0.3 is 0 Å². The Kier molecular flexibility index (Phi) is 6.24. The van der Waals surface area contributed by atoms with Crippen molar-refractivity contribution >= 4 is 21.8 Å². The van der Waals surface area contributed by atoms with E-state index in [0.717, 1.165) is 15.8 Å². The molecule has 4 nitrogen and oxygen atoms in total. The van der Waals surface area contributed by atoms with Gasteiger partial charge in [0, 0.05) is 4.47 Å². The van der Waals surface area contributed by atoms with E-state index in [0.29, 0.717) is 13.2 Å². The Bertz CT molecular complexity index is 575. The smallest absolute Gasteiger partial charge is 0.246 e. The molecule has 2 rings (SSSR count). The number of carbonyl (C=O) groups is 1. The van der Waals surface area contributed by atoms with Crippen molar-refractivity contribution in [3.8, 4) is 5.75 Å². The van der Waals surface area contributed by atoms with Crippen LogP contribution in [-0.2, 0) is 16.2 Å². The highest BCUT2D eigenvalue weighted by Gasteiger charge is 2.02. The lowest BCUT2D eigenvalue weighted by Crippen LogP contribution is -2.25. The highest BCUT2D eigenvalue weighted by molar-refractivity contribution is 9.10. The van der Waals surface area contributed by atoms with Crippen LogP contribution in [0.4, 0.5) is 0 Å². The Morgan fingerprint density at radius 2 is 1.90 bits per heavy atom. The second kappa shape index (κ2) is 8.44. The van der Waals surface area contributed by atoms with Crippen LogP contribution < -0.4 is 10.2 Å². The Labute approximate surface area is 132 Å². The van der Waals surface area contributed by atoms with Gasteiger partial charge in [-0.1, -0.05) is 52.3 Å². The standard InChI is InChI=1S/C16H16BrNO3/c17-14-7-4-8-15(11-14)20-10-9-16(19)18-21-12-13-5-2-1-3-6-13/h1-8,11H,9-10,12H2,(H,18,19). The van der Waals surface area contributed by atoms with Crippen LogP contribution in [0, 0.1) is 0 Å². The van der Waals surface area contributed by atoms with Gasteiger partial charge in [0.25, 0.3) is 0 Å². The van der Waals surface area contributed by atoms with Crippen molar-refractivity contribution in [1.82, 2.24) is 5.48 Å². The molecule has 0 saturated heterocycles. The van der Waals surface area contributed by atoms with Crippen LogP contribution >= 0.6 is 15.9 Å². The Balaban J connectivity index is 1.61. The van der Waals surface area contributed by atoms with E-state index in [-0.39, 0.29) is 12.3 Å². The molecule has 0 fully saturated rings. The third-order valence-electron chi connectivity index (χ3n) is 2.66. The molecule has 2 aromatic carbocycles. The van der Waals surface area contributed by atoms with Gasteiger partial charge in [-0.15, -0.1) is 0 Å². The van der Waals surface area contributed by atoms with Crippen molar-refractivity contribution in [2.45, 2.75) is 13.0 Å². The molecule has 0 radical (unpaired) electrons. The zero-order valence-corrected chi connectivity index (χ0v) is 13.0. The predicted octanol–water partition coefficient (Wildman–Crippen LogP) is 3.47. The molecule has 0 bridgehead atoms. The number of rotatable bonds is 7. The number of benzene rings is 2. The Morgan fingerprint density at radius 3 is 2.67 bits per heavy atom. The molecule has 2 aromatic rings. The van der Waals surface area contributed by atoms with Gasteiger partial charge < -0.3 is 4.74 Å². The fraction of sp³-hybridized carbons (Fsp3) is 0.188. The maximum absolute atomic E-state index is 11.6. The summed E-state index contributed by atoms with van der Waals surface area (Å²) in [6, 6.07) is 17.1. The topological polar surface area (TPSA) is 47.6 Å². The number of hydroxylamine groups is 1. The summed E-state index contributed by atoms with van der Waals surface area (Å²) < 4.78 is 6.42. The summed E-state index contributed by atoms with van der Waals surface area (Å²) in [7, 11) is 0. The van der Waals surface area contributed by atoms with Gasteiger partial charge in [-0.05, 0) is 23.8 Å². The van der Waals surface area contributed by atoms with Crippen molar-refractivity contribution in [2.75, 3.05) is 6.61 Å². The average Bonchev–Trinajstić information content (AvgIpc) is 2.48. The SMILES string of the molecule is O=C(CCOc1cccc(Br)c1)NOCc1ccccc1. The third-order valence-corrected chi connectivity index (χ3v) is 3.15. The maximum Gasteiger partial charge on any atom is 0.246 e. The largest absolute Gasteiger partial charge is 0.493 e. The summed E-state index contributed by atoms with van der Waals surface area (Å²) in [4.78, 5) is 16.7. The highest BCUT2D eigenvalue weighted by atomic mass is 79.9. The summed E-state index contributed by atoms with van der Waals surface area (Å²) in [5, 5.41) is 0. The van der Waals surface area contributed by atoms with E-state index in [2.05, 4.69) is 21.4 Å². The second-order valence-electron chi connectivity index (χ2n) is 4.36. The maximum atomic E-state index is 11.6. The average molecular weight is 350 g/mol. The van der Waals surface area contributed by atoms with Gasteiger partial charge in [0.15, 0.2) is 0 Å². The predicted molar refractivity (Wildman–Crippen MR) is 83.6 cm³/mol. The number of carbonyl (C=O) groups excluding carboxylic acids is 1. The quantitative estimate of drug-likeness (QED) is 0.778. The first-order valence-corrected chi connectivity index (χ1v) is 7.36. The van der Waals surface area contributed by atoms with E-state index < -0.39 is 0 Å². The van der Waals surface area contributed by atoms with E-state index in [9.17, 15) is 4.79 Å². The number of nitrogens with one attached hydrogen (secondary N) is 1. The van der Waals surface area contributed by atoms with E-state index >= 15 is 0 Å². The zero-order valence-electron chi connectivity index (χ0n) is 11.4. The van der Waals surface area contributed by atoms with E-state index in [1.807, 2.05) is 54.6 Å². The van der Waals surface area contributed by atoms with Gasteiger partial charge in [-0.2, -0.15) is 0 Å². The molecule has 0 aliphatic carbocycles. The number of halogens is 1. The van der Waals surface area contributed by atoms with Crippen LogP contribution in [0.5, 0.6) is 5.75 Å². The molecule has 0 heterocycles. The molecule has 21 heavy (non-hydrogen) atoms. The van der Waals surface area contributed by atoms with Crippen LogP contribution in [-0.4, -0.2) is 12.5 Å². The minimum absolute atomic E-state index is 0.207. The van der Waals surface area contributed by atoms with E-state index in [4.69, 9.17) is 9.57 Å². The molecule has 0 atom stereocenters. The molecule has 5 heteroatoms. The van der Waals surface area contributed by atoms with Gasteiger partial charge in [0.1, 0.15) is 5.75 Å². The zero-order chi connectivity index (χ0) is 14.9. The second-order valence-corrected chi connectivity index (χ2v) is 5.27. The molecule has 0 spiro atoms. The van der Waals surface area contributed by atoms with E-state index in [1.165, 1.54) is 0 Å². The lowest BCUT2D eigenvalue weighted by Gasteiger charge is -2.08. The molecule has 0 unspecified atom stereocenters. The van der Waals surface area contributed by atoms with Crippen LogP contribution in [0.25, 0.3) is 0 Å². The van der Waals surface area contributed by atoms with Crippen molar-refractivity contribution in [3.63, 3.8) is 0 Å². The normalized spacial score (nSPS) is 10.1.